The van der Waals surface area contributed by atoms with Crippen LogP contribution < -0.4 is 5.32 Å². The molecule has 0 spiro atoms. The Morgan fingerprint density at radius 2 is 2.04 bits per heavy atom. The predicted molar refractivity (Wildman–Crippen MR) is 102 cm³/mol. The highest BCUT2D eigenvalue weighted by atomic mass is 35.5. The molecule has 0 radical (unpaired) electrons. The SMILES string of the molecule is O=C(O)N1CCc2[nH]c(-c3ccncc3)c(Nc3cccc(Cl)c3)c2C1=O. The molecular formula is C19H15ClN4O3. The summed E-state index contributed by atoms with van der Waals surface area (Å²) in [7, 11) is 0. The molecule has 0 saturated heterocycles. The van der Waals surface area contributed by atoms with E-state index in [1.54, 1.807) is 30.6 Å². The topological polar surface area (TPSA) is 98.3 Å². The highest BCUT2D eigenvalue weighted by Gasteiger charge is 2.34. The lowest BCUT2D eigenvalue weighted by atomic mass is 10.0. The molecule has 27 heavy (non-hydrogen) atoms. The summed E-state index contributed by atoms with van der Waals surface area (Å²) in [6.45, 7) is 0.119. The van der Waals surface area contributed by atoms with Crippen LogP contribution in [0.4, 0.5) is 16.2 Å². The number of carbonyl (C=O) groups excluding carboxylic acids is 1. The van der Waals surface area contributed by atoms with Crippen molar-refractivity contribution in [3.05, 3.63) is 65.1 Å². The number of carboxylic acid groups (broad SMARTS) is 1. The number of aromatic nitrogens is 2. The van der Waals surface area contributed by atoms with Gasteiger partial charge in [0.25, 0.3) is 5.91 Å². The zero-order chi connectivity index (χ0) is 19.0. The van der Waals surface area contributed by atoms with E-state index in [2.05, 4.69) is 15.3 Å². The molecule has 0 saturated carbocycles. The number of fused-ring (bicyclic) bond motifs is 1. The lowest BCUT2D eigenvalue weighted by molar-refractivity contribution is 0.0728. The lowest BCUT2D eigenvalue weighted by Crippen LogP contribution is -2.41. The van der Waals surface area contributed by atoms with Gasteiger partial charge in [0.05, 0.1) is 16.9 Å². The Balaban J connectivity index is 1.87. The number of benzene rings is 1. The summed E-state index contributed by atoms with van der Waals surface area (Å²) in [5, 5.41) is 13.1. The minimum absolute atomic E-state index is 0.119. The van der Waals surface area contributed by atoms with Crippen LogP contribution in [-0.4, -0.2) is 38.5 Å². The minimum atomic E-state index is -1.26. The molecule has 136 valence electrons. The van der Waals surface area contributed by atoms with Crippen LogP contribution in [0.15, 0.2) is 48.8 Å². The molecule has 1 aliphatic heterocycles. The van der Waals surface area contributed by atoms with E-state index in [1.165, 1.54) is 0 Å². The maximum atomic E-state index is 12.8. The van der Waals surface area contributed by atoms with Crippen molar-refractivity contribution in [2.24, 2.45) is 0 Å². The molecule has 0 bridgehead atoms. The first-order valence-corrected chi connectivity index (χ1v) is 8.65. The molecule has 7 nitrogen and oxygen atoms in total. The maximum Gasteiger partial charge on any atom is 0.414 e. The summed E-state index contributed by atoms with van der Waals surface area (Å²) in [5.74, 6) is -0.551. The van der Waals surface area contributed by atoms with Gasteiger partial charge >= 0.3 is 6.09 Å². The fraction of sp³-hybridized carbons (Fsp3) is 0.105. The first-order valence-electron chi connectivity index (χ1n) is 8.27. The van der Waals surface area contributed by atoms with E-state index in [1.807, 2.05) is 18.2 Å². The van der Waals surface area contributed by atoms with Gasteiger partial charge in [0, 0.05) is 47.3 Å². The van der Waals surface area contributed by atoms with Crippen molar-refractivity contribution in [3.63, 3.8) is 0 Å². The molecule has 2 amide bonds. The summed E-state index contributed by atoms with van der Waals surface area (Å²) in [6, 6.07) is 10.7. The maximum absolute atomic E-state index is 12.8. The molecule has 0 fully saturated rings. The van der Waals surface area contributed by atoms with E-state index in [0.29, 0.717) is 39.8 Å². The van der Waals surface area contributed by atoms with Crippen LogP contribution in [-0.2, 0) is 6.42 Å². The van der Waals surface area contributed by atoms with Crippen LogP contribution in [0, 0.1) is 0 Å². The Morgan fingerprint density at radius 3 is 2.74 bits per heavy atom. The van der Waals surface area contributed by atoms with Gasteiger partial charge in [-0.2, -0.15) is 0 Å². The zero-order valence-corrected chi connectivity index (χ0v) is 14.8. The predicted octanol–water partition coefficient (Wildman–Crippen LogP) is 4.15. The number of hydrogen-bond donors (Lipinski definition) is 3. The average molecular weight is 383 g/mol. The van der Waals surface area contributed by atoms with Gasteiger partial charge in [-0.15, -0.1) is 0 Å². The number of hydrogen-bond acceptors (Lipinski definition) is 4. The Labute approximate surface area is 159 Å². The van der Waals surface area contributed by atoms with Crippen LogP contribution >= 0.6 is 11.6 Å². The molecule has 0 unspecified atom stereocenters. The third-order valence-corrected chi connectivity index (χ3v) is 4.65. The zero-order valence-electron chi connectivity index (χ0n) is 14.1. The van der Waals surface area contributed by atoms with Crippen molar-refractivity contribution in [1.82, 2.24) is 14.9 Å². The van der Waals surface area contributed by atoms with Crippen LogP contribution in [0.3, 0.4) is 0 Å². The third kappa shape index (κ3) is 3.13. The van der Waals surface area contributed by atoms with Gasteiger partial charge in [-0.05, 0) is 30.3 Å². The van der Waals surface area contributed by atoms with Crippen LogP contribution in [0.1, 0.15) is 16.1 Å². The Hall–Kier alpha value is -3.32. The highest BCUT2D eigenvalue weighted by Crippen LogP contribution is 2.38. The van der Waals surface area contributed by atoms with Gasteiger partial charge in [-0.1, -0.05) is 17.7 Å². The fourth-order valence-corrected chi connectivity index (χ4v) is 3.38. The highest BCUT2D eigenvalue weighted by molar-refractivity contribution is 6.30. The molecule has 0 aliphatic carbocycles. The summed E-state index contributed by atoms with van der Waals surface area (Å²) >= 11 is 6.07. The van der Waals surface area contributed by atoms with Gasteiger partial charge in [-0.25, -0.2) is 9.69 Å². The third-order valence-electron chi connectivity index (χ3n) is 4.42. The minimum Gasteiger partial charge on any atom is -0.465 e. The number of anilines is 2. The number of H-pyrrole nitrogens is 1. The van der Waals surface area contributed by atoms with Gasteiger partial charge in [-0.3, -0.25) is 9.78 Å². The molecule has 1 aliphatic rings. The molecular weight excluding hydrogens is 368 g/mol. The number of nitrogens with zero attached hydrogens (tertiary/aromatic N) is 2. The molecule has 0 atom stereocenters. The smallest absolute Gasteiger partial charge is 0.414 e. The Bertz CT molecular complexity index is 1030. The number of imide groups is 1. The number of halogens is 1. The van der Waals surface area contributed by atoms with Crippen molar-refractivity contribution in [2.45, 2.75) is 6.42 Å². The number of carbonyl (C=O) groups is 2. The fourth-order valence-electron chi connectivity index (χ4n) is 3.19. The van der Waals surface area contributed by atoms with Gasteiger partial charge < -0.3 is 15.4 Å². The van der Waals surface area contributed by atoms with Crippen molar-refractivity contribution >= 4 is 35.0 Å². The molecule has 3 N–H and O–H groups in total. The standard InChI is InChI=1S/C19H15ClN4O3/c20-12-2-1-3-13(10-12)22-17-15-14(6-9-24(18(15)25)19(26)27)23-16(17)11-4-7-21-8-5-11/h1-5,7-8,10,22-23H,6,9H2,(H,26,27). The second-order valence-electron chi connectivity index (χ2n) is 6.09. The van der Waals surface area contributed by atoms with E-state index in [0.717, 1.165) is 10.5 Å². The van der Waals surface area contributed by atoms with Crippen molar-refractivity contribution in [2.75, 3.05) is 11.9 Å². The molecule has 8 heteroatoms. The number of pyridine rings is 1. The first-order chi connectivity index (χ1) is 13.0. The number of rotatable bonds is 3. The van der Waals surface area contributed by atoms with Crippen LogP contribution in [0.5, 0.6) is 0 Å². The monoisotopic (exact) mass is 382 g/mol. The summed E-state index contributed by atoms with van der Waals surface area (Å²) in [5.41, 5.74) is 3.78. The molecule has 1 aromatic carbocycles. The summed E-state index contributed by atoms with van der Waals surface area (Å²) in [4.78, 5) is 32.4. The molecule has 2 aromatic heterocycles. The van der Waals surface area contributed by atoms with Crippen LogP contribution in [0.25, 0.3) is 11.3 Å². The average Bonchev–Trinajstić information content (AvgIpc) is 3.02. The van der Waals surface area contributed by atoms with E-state index in [-0.39, 0.29) is 6.54 Å². The Kier molecular flexibility index (Phi) is 4.29. The summed E-state index contributed by atoms with van der Waals surface area (Å²) < 4.78 is 0. The van der Waals surface area contributed by atoms with Gasteiger partial charge in [0.1, 0.15) is 0 Å². The normalized spacial score (nSPS) is 13.4. The van der Waals surface area contributed by atoms with Gasteiger partial charge in [0.2, 0.25) is 0 Å². The molecule has 4 rings (SSSR count). The second kappa shape index (κ2) is 6.77. The van der Waals surface area contributed by atoms with Crippen molar-refractivity contribution < 1.29 is 14.7 Å². The van der Waals surface area contributed by atoms with Crippen LogP contribution in [0.2, 0.25) is 5.02 Å². The van der Waals surface area contributed by atoms with E-state index >= 15 is 0 Å². The molecule has 3 aromatic rings. The Morgan fingerprint density at radius 1 is 1.26 bits per heavy atom. The van der Waals surface area contributed by atoms with E-state index < -0.39 is 12.0 Å². The quantitative estimate of drug-likeness (QED) is 0.632. The molecule has 3 heterocycles. The summed E-state index contributed by atoms with van der Waals surface area (Å²) in [6.07, 6.45) is 2.47. The largest absolute Gasteiger partial charge is 0.465 e. The van der Waals surface area contributed by atoms with Crippen molar-refractivity contribution in [3.8, 4) is 11.3 Å². The number of aromatic amines is 1. The number of amides is 2. The number of nitrogens with one attached hydrogen (secondary N) is 2. The van der Waals surface area contributed by atoms with Crippen molar-refractivity contribution in [1.29, 1.82) is 0 Å². The first kappa shape index (κ1) is 17.1. The van der Waals surface area contributed by atoms with E-state index in [9.17, 15) is 14.7 Å². The van der Waals surface area contributed by atoms with E-state index in [4.69, 9.17) is 11.6 Å². The van der Waals surface area contributed by atoms with Gasteiger partial charge in [0.15, 0.2) is 0 Å². The second-order valence-corrected chi connectivity index (χ2v) is 6.53. The lowest BCUT2D eigenvalue weighted by Gasteiger charge is -2.23.